The van der Waals surface area contributed by atoms with E-state index in [2.05, 4.69) is 10.2 Å². The Kier molecular flexibility index (Phi) is 15.6. The van der Waals surface area contributed by atoms with Crippen LogP contribution in [-0.2, 0) is 9.53 Å². The molecule has 1 saturated heterocycles. The van der Waals surface area contributed by atoms with Crippen LogP contribution in [-0.4, -0.2) is 87.0 Å². The van der Waals surface area contributed by atoms with Gasteiger partial charge < -0.3 is 25.0 Å². The number of piperidine rings is 1. The Bertz CT molecular complexity index is 302. The fraction of sp³-hybridized carbons (Fsp3) is 0.933. The van der Waals surface area contributed by atoms with E-state index in [0.29, 0.717) is 25.6 Å². The molecule has 1 fully saturated rings. The molecule has 6 nitrogen and oxygen atoms in total. The van der Waals surface area contributed by atoms with Gasteiger partial charge in [-0.05, 0) is 38.8 Å². The normalized spacial score (nSPS) is 17.0. The molecule has 0 aliphatic carbocycles. The number of aliphatic hydroxyl groups excluding tert-OH is 1. The quantitative estimate of drug-likeness (QED) is 0.580. The van der Waals surface area contributed by atoms with Crippen LogP contribution in [0.2, 0.25) is 0 Å². The Morgan fingerprint density at radius 1 is 1.39 bits per heavy atom. The predicted molar refractivity (Wildman–Crippen MR) is 97.7 cm³/mol. The number of hydrogen-bond donors (Lipinski definition) is 2. The van der Waals surface area contributed by atoms with Crippen molar-refractivity contribution in [2.24, 2.45) is 5.92 Å². The number of nitrogens with one attached hydrogen (secondary N) is 1. The van der Waals surface area contributed by atoms with Gasteiger partial charge in [0.05, 0.1) is 19.3 Å². The van der Waals surface area contributed by atoms with Gasteiger partial charge in [0, 0.05) is 33.8 Å². The van der Waals surface area contributed by atoms with E-state index in [-0.39, 0.29) is 36.8 Å². The third-order valence-corrected chi connectivity index (χ3v) is 3.95. The lowest BCUT2D eigenvalue weighted by Crippen LogP contribution is -2.43. The number of β-amino-alcohol motifs (C(OH)–C–C–N with tert-alkyl or cyclic N) is 1. The zero-order valence-corrected chi connectivity index (χ0v) is 16.1. The van der Waals surface area contributed by atoms with E-state index < -0.39 is 0 Å². The maximum atomic E-state index is 12.0. The summed E-state index contributed by atoms with van der Waals surface area (Å²) >= 11 is 0. The summed E-state index contributed by atoms with van der Waals surface area (Å²) in [5.74, 6) is 0.709. The van der Waals surface area contributed by atoms with Gasteiger partial charge >= 0.3 is 0 Å². The van der Waals surface area contributed by atoms with E-state index >= 15 is 0 Å². The van der Waals surface area contributed by atoms with Gasteiger partial charge in [-0.2, -0.15) is 0 Å². The number of nitrogens with zero attached hydrogens (tertiary/aromatic N) is 2. The zero-order chi connectivity index (χ0) is 15.7. The van der Waals surface area contributed by atoms with Gasteiger partial charge in [-0.3, -0.25) is 4.79 Å². The number of aliphatic hydroxyl groups is 1. The minimum absolute atomic E-state index is 0. The minimum atomic E-state index is -0.260. The highest BCUT2D eigenvalue weighted by Gasteiger charge is 2.22. The minimum Gasteiger partial charge on any atom is -0.392 e. The molecular weight excluding hydrogens is 341 g/mol. The van der Waals surface area contributed by atoms with E-state index in [1.807, 2.05) is 18.9 Å². The highest BCUT2D eigenvalue weighted by molar-refractivity contribution is 5.85. The number of amides is 1. The van der Waals surface area contributed by atoms with Crippen LogP contribution in [0.15, 0.2) is 0 Å². The first-order chi connectivity index (χ1) is 10.0. The fourth-order valence-corrected chi connectivity index (χ4v) is 2.72. The molecule has 8 heteroatoms. The maximum Gasteiger partial charge on any atom is 0.236 e. The Morgan fingerprint density at radius 2 is 2.00 bits per heavy atom. The Hall–Kier alpha value is -0.110. The van der Waals surface area contributed by atoms with Crippen molar-refractivity contribution in [1.82, 2.24) is 15.1 Å². The molecular formula is C15H33Cl2N3O3. The van der Waals surface area contributed by atoms with E-state index in [9.17, 15) is 9.90 Å². The molecule has 0 aromatic rings. The van der Waals surface area contributed by atoms with Crippen molar-refractivity contribution in [3.05, 3.63) is 0 Å². The van der Waals surface area contributed by atoms with Crippen molar-refractivity contribution in [2.75, 3.05) is 60.0 Å². The molecule has 1 rings (SSSR count). The van der Waals surface area contributed by atoms with Crippen LogP contribution in [0.25, 0.3) is 0 Å². The second-order valence-electron chi connectivity index (χ2n) is 6.04. The second kappa shape index (κ2) is 14.3. The Labute approximate surface area is 152 Å². The van der Waals surface area contributed by atoms with Crippen LogP contribution in [0.5, 0.6) is 0 Å². The summed E-state index contributed by atoms with van der Waals surface area (Å²) in [7, 11) is 3.53. The van der Waals surface area contributed by atoms with Crippen molar-refractivity contribution < 1.29 is 14.6 Å². The number of ether oxygens (including phenoxy) is 1. The summed E-state index contributed by atoms with van der Waals surface area (Å²) in [6.45, 7) is 7.15. The summed E-state index contributed by atoms with van der Waals surface area (Å²) in [6, 6.07) is 0. The van der Waals surface area contributed by atoms with E-state index in [0.717, 1.165) is 39.0 Å². The van der Waals surface area contributed by atoms with Crippen molar-refractivity contribution in [1.29, 1.82) is 0 Å². The van der Waals surface area contributed by atoms with Crippen LogP contribution in [0.3, 0.4) is 0 Å². The zero-order valence-electron chi connectivity index (χ0n) is 14.5. The lowest BCUT2D eigenvalue weighted by atomic mass is 9.96. The topological polar surface area (TPSA) is 65.0 Å². The smallest absolute Gasteiger partial charge is 0.236 e. The van der Waals surface area contributed by atoms with Crippen LogP contribution in [0, 0.1) is 5.92 Å². The van der Waals surface area contributed by atoms with Gasteiger partial charge in [0.2, 0.25) is 5.91 Å². The molecule has 1 atom stereocenters. The number of methoxy groups -OCH3 is 1. The highest BCUT2D eigenvalue weighted by atomic mass is 35.5. The SMILES string of the molecule is COCCNCC(=O)N(C)CC1CCN(CC(C)O)CC1.Cl.Cl. The molecule has 140 valence electrons. The fourth-order valence-electron chi connectivity index (χ4n) is 2.72. The molecule has 0 radical (unpaired) electrons. The number of likely N-dealkylation sites (N-methyl/N-ethyl adjacent to an activating group) is 1. The van der Waals surface area contributed by atoms with Gasteiger partial charge in [-0.25, -0.2) is 0 Å². The summed E-state index contributed by atoms with van der Waals surface area (Å²) in [6.07, 6.45) is 1.94. The van der Waals surface area contributed by atoms with E-state index in [4.69, 9.17) is 4.74 Å². The summed E-state index contributed by atoms with van der Waals surface area (Å²) < 4.78 is 4.93. The molecule has 1 aliphatic rings. The third kappa shape index (κ3) is 11.1. The van der Waals surface area contributed by atoms with Crippen LogP contribution >= 0.6 is 24.8 Å². The number of halogens is 2. The van der Waals surface area contributed by atoms with Gasteiger partial charge in [0.15, 0.2) is 0 Å². The second-order valence-corrected chi connectivity index (χ2v) is 6.04. The molecule has 1 amide bonds. The molecule has 1 heterocycles. The summed E-state index contributed by atoms with van der Waals surface area (Å²) in [5, 5.41) is 12.5. The number of carbonyl (C=O) groups excluding carboxylic acids is 1. The molecule has 23 heavy (non-hydrogen) atoms. The first kappa shape index (κ1) is 25.1. The average Bonchev–Trinajstić information content (AvgIpc) is 2.45. The van der Waals surface area contributed by atoms with Gasteiger partial charge in [-0.1, -0.05) is 0 Å². The molecule has 0 aromatic carbocycles. The number of likely N-dealkylation sites (tertiary alicyclic amines) is 1. The Balaban J connectivity index is 0. The van der Waals surface area contributed by atoms with E-state index in [1.54, 1.807) is 7.11 Å². The van der Waals surface area contributed by atoms with Gasteiger partial charge in [0.1, 0.15) is 0 Å². The average molecular weight is 374 g/mol. The lowest BCUT2D eigenvalue weighted by molar-refractivity contribution is -0.129. The number of carbonyl (C=O) groups is 1. The molecule has 0 saturated carbocycles. The van der Waals surface area contributed by atoms with Gasteiger partial charge in [0.25, 0.3) is 0 Å². The summed E-state index contributed by atoms with van der Waals surface area (Å²) in [5.41, 5.74) is 0. The third-order valence-electron chi connectivity index (χ3n) is 3.95. The number of hydrogen-bond acceptors (Lipinski definition) is 5. The molecule has 1 unspecified atom stereocenters. The molecule has 0 aromatic heterocycles. The highest BCUT2D eigenvalue weighted by Crippen LogP contribution is 2.18. The van der Waals surface area contributed by atoms with Crippen LogP contribution < -0.4 is 5.32 Å². The monoisotopic (exact) mass is 373 g/mol. The molecule has 0 bridgehead atoms. The largest absolute Gasteiger partial charge is 0.392 e. The van der Waals surface area contributed by atoms with Crippen molar-refractivity contribution >= 4 is 30.7 Å². The molecule has 0 spiro atoms. The predicted octanol–water partition coefficient (Wildman–Crippen LogP) is 0.617. The van der Waals surface area contributed by atoms with E-state index in [1.165, 1.54) is 0 Å². The van der Waals surface area contributed by atoms with Crippen LogP contribution in [0.4, 0.5) is 0 Å². The first-order valence-electron chi connectivity index (χ1n) is 7.87. The summed E-state index contributed by atoms with van der Waals surface area (Å²) in [4.78, 5) is 16.1. The molecule has 2 N–H and O–H groups in total. The van der Waals surface area contributed by atoms with Crippen molar-refractivity contribution in [3.8, 4) is 0 Å². The maximum absolute atomic E-state index is 12.0. The van der Waals surface area contributed by atoms with Crippen LogP contribution in [0.1, 0.15) is 19.8 Å². The lowest BCUT2D eigenvalue weighted by Gasteiger charge is -2.34. The Morgan fingerprint density at radius 3 is 2.52 bits per heavy atom. The molecule has 1 aliphatic heterocycles. The first-order valence-corrected chi connectivity index (χ1v) is 7.87. The van der Waals surface area contributed by atoms with Crippen molar-refractivity contribution in [3.63, 3.8) is 0 Å². The standard InChI is InChI=1S/C15H31N3O3.2ClH/c1-13(19)11-18-7-4-14(5-8-18)12-17(2)15(20)10-16-6-9-21-3;;/h13-14,16,19H,4-12H2,1-3H3;2*1H. The van der Waals surface area contributed by atoms with Crippen molar-refractivity contribution in [2.45, 2.75) is 25.9 Å². The van der Waals surface area contributed by atoms with Gasteiger partial charge in [-0.15, -0.1) is 24.8 Å². The number of rotatable bonds is 9.